The van der Waals surface area contributed by atoms with Gasteiger partial charge in [0.25, 0.3) is 0 Å². The molecule has 5 saturated heterocycles. The van der Waals surface area contributed by atoms with Crippen LogP contribution in [0.15, 0.2) is 29.8 Å². The number of aromatic nitrogens is 1. The van der Waals surface area contributed by atoms with Crippen molar-refractivity contribution in [2.45, 2.75) is 74.8 Å². The van der Waals surface area contributed by atoms with Crippen LogP contribution in [-0.2, 0) is 16.6 Å². The summed E-state index contributed by atoms with van der Waals surface area (Å²) >= 11 is 0. The van der Waals surface area contributed by atoms with Gasteiger partial charge >= 0.3 is 0 Å². The molecule has 5 heteroatoms. The molecular weight excluding hydrogens is 386 g/mol. The third-order valence-electron chi connectivity index (χ3n) is 9.78. The van der Waals surface area contributed by atoms with E-state index in [9.17, 15) is 4.79 Å². The first-order chi connectivity index (χ1) is 14.7. The van der Waals surface area contributed by atoms with E-state index >= 15 is 0 Å². The topological polar surface area (TPSA) is 60.7 Å². The molecule has 6 heterocycles. The Morgan fingerprint density at radius 3 is 2.94 bits per heavy atom. The Morgan fingerprint density at radius 2 is 2.13 bits per heavy atom. The minimum atomic E-state index is -0.0828. The van der Waals surface area contributed by atoms with Gasteiger partial charge in [-0.3, -0.25) is 15.0 Å². The van der Waals surface area contributed by atoms with Gasteiger partial charge in [0.1, 0.15) is 11.1 Å². The summed E-state index contributed by atoms with van der Waals surface area (Å²) in [7, 11) is 0. The molecule has 2 aliphatic carbocycles. The molecule has 160 valence electrons. The maximum Gasteiger partial charge on any atom is 0.187 e. The fourth-order valence-corrected chi connectivity index (χ4v) is 9.24. The molecule has 5 nitrogen and oxygen atoms in total. The van der Waals surface area contributed by atoms with Gasteiger partial charge in [-0.1, -0.05) is 31.6 Å². The third-order valence-corrected chi connectivity index (χ3v) is 9.78. The number of ketones is 1. The highest BCUT2D eigenvalue weighted by Gasteiger charge is 3.14. The van der Waals surface area contributed by atoms with E-state index in [0.717, 1.165) is 29.6 Å². The Balaban J connectivity index is 1.35. The highest BCUT2D eigenvalue weighted by molar-refractivity contribution is 6.13. The molecule has 4 spiro atoms. The van der Waals surface area contributed by atoms with E-state index in [4.69, 9.17) is 4.74 Å². The molecule has 1 aromatic heterocycles. The molecular formula is C26H29N3O2. The number of hydrogen-bond donors (Lipinski definition) is 2. The second kappa shape index (κ2) is 4.57. The fourth-order valence-electron chi connectivity index (χ4n) is 9.24. The molecule has 31 heavy (non-hydrogen) atoms. The number of nitrogens with one attached hydrogen (secondary N) is 2. The van der Waals surface area contributed by atoms with Crippen molar-refractivity contribution in [3.05, 3.63) is 46.7 Å². The molecule has 1 saturated carbocycles. The van der Waals surface area contributed by atoms with Crippen molar-refractivity contribution in [1.82, 2.24) is 15.2 Å². The lowest BCUT2D eigenvalue weighted by molar-refractivity contribution is -0.167. The van der Waals surface area contributed by atoms with Gasteiger partial charge in [0.15, 0.2) is 11.5 Å². The number of H-pyrrole nitrogens is 1. The summed E-state index contributed by atoms with van der Waals surface area (Å²) in [6.45, 7) is 11.1. The van der Waals surface area contributed by atoms with Crippen molar-refractivity contribution < 1.29 is 9.53 Å². The van der Waals surface area contributed by atoms with Crippen molar-refractivity contribution in [3.63, 3.8) is 0 Å². The minimum Gasteiger partial charge on any atom is -0.357 e. The molecule has 5 aliphatic heterocycles. The Morgan fingerprint density at radius 1 is 1.29 bits per heavy atom. The van der Waals surface area contributed by atoms with Crippen molar-refractivity contribution in [2.24, 2.45) is 5.92 Å². The van der Waals surface area contributed by atoms with E-state index in [1.54, 1.807) is 6.08 Å². The number of para-hydroxylation sites is 1. The molecule has 2 aromatic rings. The van der Waals surface area contributed by atoms with Crippen LogP contribution in [0.4, 0.5) is 0 Å². The molecule has 1 aromatic carbocycles. The average Bonchev–Trinajstić information content (AvgIpc) is 3.18. The lowest BCUT2D eigenvalue weighted by Gasteiger charge is -2.62. The number of piperazine rings is 1. The maximum atomic E-state index is 13.0. The summed E-state index contributed by atoms with van der Waals surface area (Å²) in [4.78, 5) is 19.5. The second-order valence-electron chi connectivity index (χ2n) is 11.8. The fraction of sp³-hybridized carbons (Fsp3) is 0.577. The monoisotopic (exact) mass is 415 g/mol. The lowest BCUT2D eigenvalue weighted by atomic mass is 9.55. The number of fused-ring (bicyclic) bond motifs is 3. The van der Waals surface area contributed by atoms with Crippen LogP contribution in [0.3, 0.4) is 0 Å². The van der Waals surface area contributed by atoms with Gasteiger partial charge in [-0.2, -0.15) is 0 Å². The number of carbonyl (C=O) groups is 1. The lowest BCUT2D eigenvalue weighted by Crippen LogP contribution is -2.78. The van der Waals surface area contributed by atoms with Crippen molar-refractivity contribution in [2.75, 3.05) is 13.1 Å². The molecule has 5 unspecified atom stereocenters. The molecule has 4 bridgehead atoms. The number of nitrogens with zero attached hydrogens (tertiary/aromatic N) is 1. The number of hydrogen-bond acceptors (Lipinski definition) is 4. The zero-order chi connectivity index (χ0) is 21.2. The van der Waals surface area contributed by atoms with Gasteiger partial charge in [-0.05, 0) is 57.4 Å². The molecule has 5 atom stereocenters. The number of benzene rings is 1. The normalized spacial score (nSPS) is 44.3. The van der Waals surface area contributed by atoms with E-state index in [1.165, 1.54) is 36.0 Å². The third kappa shape index (κ3) is 1.46. The second-order valence-corrected chi connectivity index (χ2v) is 11.8. The SMILES string of the molecule is CC(C)=CC(=O)c1cccc2c3c([nH]c12)C(C)(C)C1C2(C3)CN3CCCC34C3(N2)OC134. The molecule has 0 amide bonds. The quantitative estimate of drug-likeness (QED) is 0.448. The number of carbonyl (C=O) groups excluding carboxylic acids is 1. The minimum absolute atomic E-state index is 0.00601. The number of piperidine rings is 2. The molecule has 2 N–H and O–H groups in total. The number of rotatable bonds is 2. The summed E-state index contributed by atoms with van der Waals surface area (Å²) in [6, 6.07) is 6.21. The highest BCUT2D eigenvalue weighted by atomic mass is 16.7. The number of allylic oxidation sites excluding steroid dienone is 2. The van der Waals surface area contributed by atoms with Crippen LogP contribution in [0.1, 0.15) is 62.2 Å². The molecule has 6 fully saturated rings. The van der Waals surface area contributed by atoms with E-state index < -0.39 is 0 Å². The standard InChI is InChI=1S/C26H29N3O2/c1-14(2)11-18(30)16-8-5-7-15-17-12-23-13-29-10-6-9-24(29)25(26(24,28-23)31-25)21(23)22(3,4)20(17)27-19(15)16/h5,7-8,11,21,27-28H,6,9-10,12-13H2,1-4H3. The Bertz CT molecular complexity index is 1290. The Hall–Kier alpha value is -1.95. The predicted octanol–water partition coefficient (Wildman–Crippen LogP) is 3.44. The van der Waals surface area contributed by atoms with Gasteiger partial charge in [-0.25, -0.2) is 0 Å². The average molecular weight is 416 g/mol. The summed E-state index contributed by atoms with van der Waals surface area (Å²) in [6.07, 6.45) is 5.32. The summed E-state index contributed by atoms with van der Waals surface area (Å²) in [5, 5.41) is 5.32. The molecule has 9 rings (SSSR count). The van der Waals surface area contributed by atoms with Crippen molar-refractivity contribution >= 4 is 16.7 Å². The first kappa shape index (κ1) is 17.6. The zero-order valence-corrected chi connectivity index (χ0v) is 18.7. The van der Waals surface area contributed by atoms with Gasteiger partial charge < -0.3 is 9.72 Å². The van der Waals surface area contributed by atoms with Crippen LogP contribution in [0, 0.1) is 5.92 Å². The Labute approximate surface area is 182 Å². The summed E-state index contributed by atoms with van der Waals surface area (Å²) in [5.74, 6) is 0.545. The first-order valence-corrected chi connectivity index (χ1v) is 11.8. The van der Waals surface area contributed by atoms with Crippen LogP contribution in [0.2, 0.25) is 0 Å². The smallest absolute Gasteiger partial charge is 0.187 e. The van der Waals surface area contributed by atoms with Crippen LogP contribution in [0.5, 0.6) is 0 Å². The van der Waals surface area contributed by atoms with Gasteiger partial charge in [0.05, 0.1) is 5.52 Å². The van der Waals surface area contributed by atoms with E-state index in [-0.39, 0.29) is 33.6 Å². The van der Waals surface area contributed by atoms with Gasteiger partial charge in [0.2, 0.25) is 0 Å². The number of epoxide rings is 1. The molecule has 7 aliphatic rings. The van der Waals surface area contributed by atoms with Crippen LogP contribution >= 0.6 is 0 Å². The first-order valence-electron chi connectivity index (χ1n) is 11.8. The maximum absolute atomic E-state index is 13.0. The zero-order valence-electron chi connectivity index (χ0n) is 18.7. The molecule has 0 radical (unpaired) electrons. The Kier molecular flexibility index (Phi) is 2.59. The number of ether oxygens (including phenoxy) is 1. The van der Waals surface area contributed by atoms with Crippen molar-refractivity contribution in [3.8, 4) is 0 Å². The largest absolute Gasteiger partial charge is 0.357 e. The highest BCUT2D eigenvalue weighted by Crippen LogP contribution is 2.92. The van der Waals surface area contributed by atoms with Crippen LogP contribution < -0.4 is 5.32 Å². The van der Waals surface area contributed by atoms with Crippen molar-refractivity contribution in [1.29, 1.82) is 0 Å². The van der Waals surface area contributed by atoms with Gasteiger partial charge in [0, 0.05) is 40.1 Å². The summed E-state index contributed by atoms with van der Waals surface area (Å²) in [5.41, 5.74) is 5.71. The van der Waals surface area contributed by atoms with Gasteiger partial charge in [-0.15, -0.1) is 0 Å². The van der Waals surface area contributed by atoms with E-state index in [2.05, 4.69) is 35.1 Å². The predicted molar refractivity (Wildman–Crippen MR) is 118 cm³/mol. The van der Waals surface area contributed by atoms with Crippen LogP contribution in [0.25, 0.3) is 10.9 Å². The van der Waals surface area contributed by atoms with E-state index in [0.29, 0.717) is 5.92 Å². The number of aromatic amines is 1. The van der Waals surface area contributed by atoms with Crippen LogP contribution in [-0.4, -0.2) is 51.2 Å². The summed E-state index contributed by atoms with van der Waals surface area (Å²) < 4.78 is 6.52. The van der Waals surface area contributed by atoms with E-state index in [1.807, 2.05) is 26.0 Å².